The lowest BCUT2D eigenvalue weighted by molar-refractivity contribution is -0.178. The van der Waals surface area contributed by atoms with Gasteiger partial charge in [-0.25, -0.2) is 0 Å². The van der Waals surface area contributed by atoms with E-state index >= 15 is 0 Å². The van der Waals surface area contributed by atoms with E-state index in [1.807, 2.05) is 0 Å². The molecule has 0 aliphatic heterocycles. The second-order valence-corrected chi connectivity index (χ2v) is 6.28. The number of carbonyl (C=O) groups is 1. The third-order valence-electron chi connectivity index (χ3n) is 5.20. The zero-order chi connectivity index (χ0) is 12.0. The van der Waals surface area contributed by atoms with Gasteiger partial charge in [0.25, 0.3) is 0 Å². The summed E-state index contributed by atoms with van der Waals surface area (Å²) < 4.78 is 5.73. The van der Waals surface area contributed by atoms with E-state index in [9.17, 15) is 4.79 Å². The molecule has 17 heavy (non-hydrogen) atoms. The Labute approximate surface area is 103 Å². The summed E-state index contributed by atoms with van der Waals surface area (Å²) in [7, 11) is 0. The highest BCUT2D eigenvalue weighted by atomic mass is 16.6. The summed E-state index contributed by atoms with van der Waals surface area (Å²) in [6, 6.07) is 0. The predicted octanol–water partition coefficient (Wildman–Crippen LogP) is 3.32. The van der Waals surface area contributed by atoms with Gasteiger partial charge in [-0.1, -0.05) is 12.2 Å². The van der Waals surface area contributed by atoms with Crippen LogP contribution in [0.3, 0.4) is 0 Å². The Morgan fingerprint density at radius 1 is 1.24 bits per heavy atom. The highest BCUT2D eigenvalue weighted by Gasteiger charge is 2.53. The van der Waals surface area contributed by atoms with Crippen molar-refractivity contribution in [3.05, 3.63) is 12.2 Å². The minimum Gasteiger partial charge on any atom is -0.459 e. The smallest absolute Gasteiger partial charge is 0.303 e. The summed E-state index contributed by atoms with van der Waals surface area (Å²) in [6.45, 7) is 3.71. The van der Waals surface area contributed by atoms with Gasteiger partial charge in [0.15, 0.2) is 0 Å². The first-order chi connectivity index (χ1) is 8.10. The highest BCUT2D eigenvalue weighted by Crippen LogP contribution is 2.55. The number of esters is 1. The minimum atomic E-state index is -0.206. The number of ether oxygens (including phenoxy) is 1. The molecule has 0 amide bonds. The first-order valence-corrected chi connectivity index (χ1v) is 6.98. The molecule has 4 rings (SSSR count). The van der Waals surface area contributed by atoms with Gasteiger partial charge in [-0.2, -0.15) is 0 Å². The molecule has 0 saturated heterocycles. The molecule has 2 bridgehead atoms. The molecule has 0 heterocycles. The quantitative estimate of drug-likeness (QED) is 0.514. The van der Waals surface area contributed by atoms with Crippen molar-refractivity contribution in [1.82, 2.24) is 0 Å². The average molecular weight is 234 g/mol. The van der Waals surface area contributed by atoms with Crippen molar-refractivity contribution in [2.75, 3.05) is 0 Å². The molecular formula is C15H22O2. The maximum absolute atomic E-state index is 11.4. The van der Waals surface area contributed by atoms with Crippen molar-refractivity contribution >= 4 is 5.97 Å². The van der Waals surface area contributed by atoms with Crippen LogP contribution in [0.5, 0.6) is 0 Å². The normalized spacial score (nSPS) is 47.6. The van der Waals surface area contributed by atoms with Gasteiger partial charge in [-0.05, 0) is 56.8 Å². The Balaban J connectivity index is 1.91. The van der Waals surface area contributed by atoms with Gasteiger partial charge < -0.3 is 4.74 Å². The molecule has 2 nitrogen and oxygen atoms in total. The number of hydrogen-bond donors (Lipinski definition) is 0. The summed E-state index contributed by atoms with van der Waals surface area (Å²) in [6.07, 6.45) is 11.0. The molecule has 0 spiro atoms. The van der Waals surface area contributed by atoms with Gasteiger partial charge in [-0.15, -0.1) is 0 Å². The van der Waals surface area contributed by atoms with Crippen LogP contribution in [0.2, 0.25) is 0 Å². The van der Waals surface area contributed by atoms with Crippen molar-refractivity contribution in [1.29, 1.82) is 0 Å². The van der Waals surface area contributed by atoms with Crippen LogP contribution in [0.15, 0.2) is 12.2 Å². The standard InChI is InChI=1S/C15H22O2/c1-10(16)17-15(2)9-3-4-13-11-5-7-12(8-6-11)14(13)15/h5,7,11-14H,3-4,6,8-9H2,1-2H3. The third-order valence-corrected chi connectivity index (χ3v) is 5.20. The van der Waals surface area contributed by atoms with Gasteiger partial charge in [-0.3, -0.25) is 4.79 Å². The summed E-state index contributed by atoms with van der Waals surface area (Å²) in [5.74, 6) is 2.62. The van der Waals surface area contributed by atoms with Gasteiger partial charge in [0, 0.05) is 12.8 Å². The fourth-order valence-electron chi connectivity index (χ4n) is 4.70. The maximum Gasteiger partial charge on any atom is 0.303 e. The number of fused-ring (bicyclic) bond motifs is 1. The van der Waals surface area contributed by atoms with E-state index in [2.05, 4.69) is 19.1 Å². The lowest BCUT2D eigenvalue weighted by Gasteiger charge is -2.55. The van der Waals surface area contributed by atoms with Crippen LogP contribution in [-0.4, -0.2) is 11.6 Å². The first-order valence-electron chi connectivity index (χ1n) is 6.98. The van der Waals surface area contributed by atoms with Gasteiger partial charge in [0.1, 0.15) is 5.60 Å². The summed E-state index contributed by atoms with van der Waals surface area (Å²) in [5.41, 5.74) is -0.206. The monoisotopic (exact) mass is 234 g/mol. The van der Waals surface area contributed by atoms with E-state index in [4.69, 9.17) is 4.74 Å². The molecule has 5 atom stereocenters. The van der Waals surface area contributed by atoms with E-state index in [-0.39, 0.29) is 11.6 Å². The Hall–Kier alpha value is -0.790. The number of rotatable bonds is 1. The Morgan fingerprint density at radius 2 is 1.94 bits per heavy atom. The molecule has 2 heteroatoms. The summed E-state index contributed by atoms with van der Waals surface area (Å²) in [5, 5.41) is 0. The van der Waals surface area contributed by atoms with E-state index < -0.39 is 0 Å². The maximum atomic E-state index is 11.4. The second kappa shape index (κ2) is 3.86. The molecular weight excluding hydrogens is 212 g/mol. The highest BCUT2D eigenvalue weighted by molar-refractivity contribution is 5.66. The zero-order valence-electron chi connectivity index (χ0n) is 10.8. The molecule has 5 unspecified atom stereocenters. The Kier molecular flexibility index (Phi) is 2.57. The average Bonchev–Trinajstić information content (AvgIpc) is 2.29. The van der Waals surface area contributed by atoms with Crippen molar-refractivity contribution in [2.24, 2.45) is 23.7 Å². The lowest BCUT2D eigenvalue weighted by atomic mass is 9.53. The number of hydrogen-bond acceptors (Lipinski definition) is 2. The van der Waals surface area contributed by atoms with Crippen LogP contribution in [-0.2, 0) is 9.53 Å². The lowest BCUT2D eigenvalue weighted by Crippen LogP contribution is -2.54. The predicted molar refractivity (Wildman–Crippen MR) is 66.4 cm³/mol. The second-order valence-electron chi connectivity index (χ2n) is 6.28. The molecule has 4 aliphatic carbocycles. The molecule has 0 N–H and O–H groups in total. The van der Waals surface area contributed by atoms with Gasteiger partial charge in [0.05, 0.1) is 0 Å². The molecule has 2 saturated carbocycles. The summed E-state index contributed by atoms with van der Waals surface area (Å²) in [4.78, 5) is 11.4. The van der Waals surface area contributed by atoms with Crippen molar-refractivity contribution in [2.45, 2.75) is 51.6 Å². The van der Waals surface area contributed by atoms with E-state index in [0.717, 1.165) is 18.3 Å². The fourth-order valence-corrected chi connectivity index (χ4v) is 4.70. The Bertz CT molecular complexity index is 360. The van der Waals surface area contributed by atoms with Crippen LogP contribution in [0, 0.1) is 23.7 Å². The third kappa shape index (κ3) is 1.73. The number of allylic oxidation sites excluding steroid dienone is 2. The zero-order valence-corrected chi connectivity index (χ0v) is 10.8. The van der Waals surface area contributed by atoms with Crippen molar-refractivity contribution in [3.8, 4) is 0 Å². The Morgan fingerprint density at radius 3 is 2.59 bits per heavy atom. The van der Waals surface area contributed by atoms with Crippen molar-refractivity contribution < 1.29 is 9.53 Å². The summed E-state index contributed by atoms with van der Waals surface area (Å²) >= 11 is 0. The minimum absolute atomic E-state index is 0.112. The van der Waals surface area contributed by atoms with Crippen LogP contribution in [0.25, 0.3) is 0 Å². The largest absolute Gasteiger partial charge is 0.459 e. The van der Waals surface area contributed by atoms with Gasteiger partial charge in [0.2, 0.25) is 0 Å². The molecule has 0 radical (unpaired) electrons. The molecule has 94 valence electrons. The van der Waals surface area contributed by atoms with Crippen LogP contribution < -0.4 is 0 Å². The fraction of sp³-hybridized carbons (Fsp3) is 0.800. The van der Waals surface area contributed by atoms with Crippen molar-refractivity contribution in [3.63, 3.8) is 0 Å². The molecule has 0 aromatic heterocycles. The molecule has 2 fully saturated rings. The SMILES string of the molecule is CC(=O)OC1(C)CCCC2C3C=CC(CC3)C21. The van der Waals surface area contributed by atoms with E-state index in [1.54, 1.807) is 6.92 Å². The van der Waals surface area contributed by atoms with E-state index in [1.165, 1.54) is 25.7 Å². The molecule has 4 aliphatic rings. The molecule has 0 aromatic rings. The number of carbonyl (C=O) groups excluding carboxylic acids is 1. The van der Waals surface area contributed by atoms with Crippen LogP contribution in [0.1, 0.15) is 46.0 Å². The topological polar surface area (TPSA) is 26.3 Å². The van der Waals surface area contributed by atoms with Crippen LogP contribution >= 0.6 is 0 Å². The van der Waals surface area contributed by atoms with Gasteiger partial charge >= 0.3 is 5.97 Å². The first kappa shape index (κ1) is 11.3. The molecule has 0 aromatic carbocycles. The van der Waals surface area contributed by atoms with Crippen LogP contribution in [0.4, 0.5) is 0 Å². The van der Waals surface area contributed by atoms with E-state index in [0.29, 0.717) is 11.8 Å².